The first-order chi connectivity index (χ1) is 13.7. The third kappa shape index (κ3) is 2.75. The lowest BCUT2D eigenvalue weighted by molar-refractivity contribution is 0.0764. The Hall–Kier alpha value is -3.18. The fourth-order valence-electron chi connectivity index (χ4n) is 3.77. The van der Waals surface area contributed by atoms with E-state index in [4.69, 9.17) is 4.74 Å². The second kappa shape index (κ2) is 6.77. The van der Waals surface area contributed by atoms with E-state index in [1.165, 1.54) is 11.3 Å². The predicted octanol–water partition coefficient (Wildman–Crippen LogP) is 3.26. The van der Waals surface area contributed by atoms with Gasteiger partial charge in [-0.25, -0.2) is 4.98 Å². The highest BCUT2D eigenvalue weighted by Gasteiger charge is 2.32. The molecule has 1 amide bonds. The number of rotatable bonds is 2. The molecule has 5 rings (SSSR count). The summed E-state index contributed by atoms with van der Waals surface area (Å²) >= 11 is 1.41. The molecule has 1 saturated heterocycles. The van der Waals surface area contributed by atoms with Gasteiger partial charge in [0, 0.05) is 35.2 Å². The van der Waals surface area contributed by atoms with Crippen LogP contribution in [0.3, 0.4) is 0 Å². The van der Waals surface area contributed by atoms with Crippen LogP contribution in [-0.2, 0) is 6.42 Å². The number of carbonyl (C=O) groups excluding carboxylic acids is 1. The van der Waals surface area contributed by atoms with Crippen molar-refractivity contribution in [1.82, 2.24) is 20.1 Å². The molecule has 0 bridgehead atoms. The van der Waals surface area contributed by atoms with Gasteiger partial charge >= 0.3 is 0 Å². The predicted molar refractivity (Wildman–Crippen MR) is 104 cm³/mol. The number of amides is 1. The number of fused-ring (bicyclic) bond motifs is 3. The number of hydrogen-bond acceptors (Lipinski definition) is 6. The zero-order chi connectivity index (χ0) is 19.1. The molecule has 2 aliphatic rings. The highest BCUT2D eigenvalue weighted by molar-refractivity contribution is 7.14. The van der Waals surface area contributed by atoms with Crippen molar-refractivity contribution in [1.29, 1.82) is 5.26 Å². The van der Waals surface area contributed by atoms with Gasteiger partial charge in [0.15, 0.2) is 5.01 Å². The quantitative estimate of drug-likeness (QED) is 0.723. The van der Waals surface area contributed by atoms with Crippen LogP contribution in [0.4, 0.5) is 0 Å². The molecular weight excluding hydrogens is 374 g/mol. The lowest BCUT2D eigenvalue weighted by Gasteiger charge is -2.17. The summed E-state index contributed by atoms with van der Waals surface area (Å²) in [4.78, 5) is 20.3. The van der Waals surface area contributed by atoms with Gasteiger partial charge in [0.05, 0.1) is 24.6 Å². The second-order valence-electron chi connectivity index (χ2n) is 6.87. The Kier molecular flexibility index (Phi) is 4.10. The van der Waals surface area contributed by atoms with Crippen LogP contribution < -0.4 is 4.74 Å². The molecule has 1 fully saturated rings. The lowest BCUT2D eigenvalue weighted by atomic mass is 10.0. The van der Waals surface area contributed by atoms with Crippen LogP contribution in [0.5, 0.6) is 5.75 Å². The number of hydrogen-bond donors (Lipinski definition) is 1. The van der Waals surface area contributed by atoms with Gasteiger partial charge in [-0.3, -0.25) is 9.89 Å². The molecule has 140 valence electrons. The number of aromatic amines is 1. The van der Waals surface area contributed by atoms with Gasteiger partial charge in [-0.1, -0.05) is 6.07 Å². The van der Waals surface area contributed by atoms with E-state index < -0.39 is 0 Å². The molecule has 28 heavy (non-hydrogen) atoms. The van der Waals surface area contributed by atoms with Crippen LogP contribution >= 0.6 is 11.3 Å². The molecule has 4 heterocycles. The van der Waals surface area contributed by atoms with E-state index in [9.17, 15) is 10.1 Å². The van der Waals surface area contributed by atoms with Gasteiger partial charge in [0.25, 0.3) is 5.91 Å². The topological polar surface area (TPSA) is 94.9 Å². The van der Waals surface area contributed by atoms with Gasteiger partial charge in [0.1, 0.15) is 11.8 Å². The summed E-state index contributed by atoms with van der Waals surface area (Å²) in [6, 6.07) is 7.87. The molecule has 7 nitrogen and oxygen atoms in total. The average Bonchev–Trinajstić information content (AvgIpc) is 3.46. The second-order valence-corrected chi connectivity index (χ2v) is 7.96. The first-order valence-corrected chi connectivity index (χ1v) is 10.0. The van der Waals surface area contributed by atoms with Crippen LogP contribution in [0.1, 0.15) is 27.5 Å². The van der Waals surface area contributed by atoms with Crippen LogP contribution in [0.25, 0.3) is 22.4 Å². The third-order valence-corrected chi connectivity index (χ3v) is 6.30. The van der Waals surface area contributed by atoms with Crippen molar-refractivity contribution in [3.8, 4) is 34.2 Å². The van der Waals surface area contributed by atoms with Crippen molar-refractivity contribution in [2.24, 2.45) is 0 Å². The fourth-order valence-corrected chi connectivity index (χ4v) is 4.78. The molecule has 1 unspecified atom stereocenters. The molecule has 3 aromatic rings. The number of aromatic nitrogens is 3. The Morgan fingerprint density at radius 3 is 3.14 bits per heavy atom. The van der Waals surface area contributed by atoms with Crippen molar-refractivity contribution in [2.45, 2.75) is 25.3 Å². The maximum absolute atomic E-state index is 12.9. The maximum atomic E-state index is 12.9. The van der Waals surface area contributed by atoms with E-state index in [0.29, 0.717) is 24.6 Å². The number of carbonyl (C=O) groups is 1. The van der Waals surface area contributed by atoms with Crippen molar-refractivity contribution in [2.75, 3.05) is 13.2 Å². The summed E-state index contributed by atoms with van der Waals surface area (Å²) in [7, 11) is 0. The Bertz CT molecular complexity index is 1080. The molecule has 1 N–H and O–H groups in total. The van der Waals surface area contributed by atoms with Crippen LogP contribution in [-0.4, -0.2) is 45.2 Å². The Morgan fingerprint density at radius 1 is 1.39 bits per heavy atom. The van der Waals surface area contributed by atoms with E-state index in [1.54, 1.807) is 11.1 Å². The zero-order valence-corrected chi connectivity index (χ0v) is 15.8. The molecule has 0 radical (unpaired) electrons. The SMILES string of the molecule is N#CC1CCCN1C(=O)c1nc2c(s1)CCOc1cc(-c3cn[nH]c3)ccc1-2. The van der Waals surface area contributed by atoms with Gasteiger partial charge < -0.3 is 9.64 Å². The Balaban J connectivity index is 1.52. The number of thiazole rings is 1. The standard InChI is InChI=1S/C20H17N5O2S/c21-9-14-2-1-6-25(14)20(26)19-24-18-15-4-3-12(13-10-22-23-11-13)8-16(15)27-7-5-17(18)28-19/h3-4,8,10-11,14H,1-2,5-7H2,(H,22,23). The number of nitriles is 1. The minimum Gasteiger partial charge on any atom is -0.492 e. The fraction of sp³-hybridized carbons (Fsp3) is 0.300. The highest BCUT2D eigenvalue weighted by atomic mass is 32.1. The first-order valence-electron chi connectivity index (χ1n) is 9.21. The monoisotopic (exact) mass is 391 g/mol. The number of likely N-dealkylation sites (tertiary alicyclic amines) is 1. The van der Waals surface area contributed by atoms with Gasteiger partial charge in [-0.15, -0.1) is 11.3 Å². The molecule has 1 atom stereocenters. The summed E-state index contributed by atoms with van der Waals surface area (Å²) in [5.74, 6) is 0.623. The number of ether oxygens (including phenoxy) is 1. The van der Waals surface area contributed by atoms with Crippen molar-refractivity contribution < 1.29 is 9.53 Å². The first kappa shape index (κ1) is 17.0. The van der Waals surface area contributed by atoms with Gasteiger partial charge in [-0.2, -0.15) is 10.4 Å². The van der Waals surface area contributed by atoms with E-state index in [0.717, 1.165) is 45.9 Å². The van der Waals surface area contributed by atoms with E-state index in [2.05, 4.69) is 21.3 Å². The van der Waals surface area contributed by atoms with Crippen LogP contribution in [0.15, 0.2) is 30.6 Å². The summed E-state index contributed by atoms with van der Waals surface area (Å²) in [6.45, 7) is 1.16. The molecule has 8 heteroatoms. The van der Waals surface area contributed by atoms with Crippen molar-refractivity contribution in [3.05, 3.63) is 40.5 Å². The Labute approximate surface area is 165 Å². The van der Waals surface area contributed by atoms with Crippen molar-refractivity contribution in [3.63, 3.8) is 0 Å². The number of nitrogens with zero attached hydrogens (tertiary/aromatic N) is 4. The molecular formula is C20H17N5O2S. The number of H-pyrrole nitrogens is 1. The maximum Gasteiger partial charge on any atom is 0.283 e. The third-order valence-electron chi connectivity index (χ3n) is 5.20. The van der Waals surface area contributed by atoms with E-state index in [1.807, 2.05) is 24.4 Å². The molecule has 1 aromatic carbocycles. The van der Waals surface area contributed by atoms with E-state index in [-0.39, 0.29) is 11.9 Å². The summed E-state index contributed by atoms with van der Waals surface area (Å²) in [5.41, 5.74) is 3.71. The van der Waals surface area contributed by atoms with Crippen LogP contribution in [0.2, 0.25) is 0 Å². The summed E-state index contributed by atoms with van der Waals surface area (Å²) < 4.78 is 5.96. The normalized spacial score (nSPS) is 18.0. The van der Waals surface area contributed by atoms with Crippen molar-refractivity contribution >= 4 is 17.2 Å². The molecule has 0 saturated carbocycles. The lowest BCUT2D eigenvalue weighted by Crippen LogP contribution is -2.34. The molecule has 0 spiro atoms. The highest BCUT2D eigenvalue weighted by Crippen LogP contribution is 2.40. The summed E-state index contributed by atoms with van der Waals surface area (Å²) in [6.07, 6.45) is 5.91. The van der Waals surface area contributed by atoms with Gasteiger partial charge in [-0.05, 0) is 30.5 Å². The Morgan fingerprint density at radius 2 is 2.32 bits per heavy atom. The number of nitrogens with one attached hydrogen (secondary N) is 1. The summed E-state index contributed by atoms with van der Waals surface area (Å²) in [5, 5.41) is 16.6. The molecule has 2 aliphatic heterocycles. The largest absolute Gasteiger partial charge is 0.492 e. The smallest absolute Gasteiger partial charge is 0.283 e. The molecule has 0 aliphatic carbocycles. The van der Waals surface area contributed by atoms with Gasteiger partial charge in [0.2, 0.25) is 0 Å². The average molecular weight is 391 g/mol. The minimum absolute atomic E-state index is 0.139. The number of benzene rings is 1. The zero-order valence-electron chi connectivity index (χ0n) is 15.0. The minimum atomic E-state index is -0.343. The molecule has 2 aromatic heterocycles. The van der Waals surface area contributed by atoms with E-state index >= 15 is 0 Å². The van der Waals surface area contributed by atoms with Crippen LogP contribution in [0, 0.1) is 11.3 Å².